The molecule has 3 aliphatic rings. The van der Waals surface area contributed by atoms with Crippen molar-refractivity contribution in [3.8, 4) is 5.75 Å². The van der Waals surface area contributed by atoms with Gasteiger partial charge < -0.3 is 24.6 Å². The summed E-state index contributed by atoms with van der Waals surface area (Å²) in [6.07, 6.45) is 4.24. The fourth-order valence-corrected chi connectivity index (χ4v) is 5.29. The quantitative estimate of drug-likeness (QED) is 0.729. The van der Waals surface area contributed by atoms with Gasteiger partial charge >= 0.3 is 5.97 Å². The summed E-state index contributed by atoms with van der Waals surface area (Å²) in [6, 6.07) is 6.68. The number of hydrogen-bond acceptors (Lipinski definition) is 6. The standard InChI is InChI=1S/C23H31NO6/c1-29-21(26)15-5-7-18(8-6-15)30-20-12-17-14-24(13-16(17)11-19(20)25)22(27)23(28)9-3-2-4-10-23/h5-8,16-17,19-20,25,28H,2-4,9-14H2,1H3/t16-,17+,19+,20+/m0/s1. The average molecular weight is 418 g/mol. The van der Waals surface area contributed by atoms with Crippen molar-refractivity contribution >= 4 is 11.9 Å². The third kappa shape index (κ3) is 4.18. The van der Waals surface area contributed by atoms with Crippen LogP contribution < -0.4 is 4.74 Å². The number of carbonyl (C=O) groups is 2. The molecule has 0 unspecified atom stereocenters. The smallest absolute Gasteiger partial charge is 0.337 e. The minimum absolute atomic E-state index is 0.137. The zero-order chi connectivity index (χ0) is 21.3. The Bertz CT molecular complexity index is 772. The fraction of sp³-hybridized carbons (Fsp3) is 0.652. The van der Waals surface area contributed by atoms with Crippen molar-refractivity contribution in [2.75, 3.05) is 20.2 Å². The Hall–Kier alpha value is -2.12. The molecule has 164 valence electrons. The van der Waals surface area contributed by atoms with Crippen LogP contribution in [0, 0.1) is 11.8 Å². The number of esters is 1. The third-order valence-electron chi connectivity index (χ3n) is 7.01. The summed E-state index contributed by atoms with van der Waals surface area (Å²) in [5.41, 5.74) is -0.763. The number of methoxy groups -OCH3 is 1. The van der Waals surface area contributed by atoms with Gasteiger partial charge in [-0.1, -0.05) is 19.3 Å². The molecule has 7 nitrogen and oxygen atoms in total. The van der Waals surface area contributed by atoms with Gasteiger partial charge in [-0.2, -0.15) is 0 Å². The summed E-state index contributed by atoms with van der Waals surface area (Å²) in [5, 5.41) is 21.4. The van der Waals surface area contributed by atoms with E-state index in [1.807, 2.05) is 0 Å². The summed E-state index contributed by atoms with van der Waals surface area (Å²) >= 11 is 0. The molecule has 4 atom stereocenters. The average Bonchev–Trinajstić information content (AvgIpc) is 3.16. The Morgan fingerprint density at radius 3 is 2.30 bits per heavy atom. The van der Waals surface area contributed by atoms with Crippen LogP contribution in [0.25, 0.3) is 0 Å². The van der Waals surface area contributed by atoms with Gasteiger partial charge in [-0.15, -0.1) is 0 Å². The Morgan fingerprint density at radius 1 is 1.03 bits per heavy atom. The summed E-state index contributed by atoms with van der Waals surface area (Å²) in [7, 11) is 1.34. The van der Waals surface area contributed by atoms with Gasteiger partial charge in [0.1, 0.15) is 17.5 Å². The Morgan fingerprint density at radius 2 is 1.67 bits per heavy atom. The number of hydrogen-bond donors (Lipinski definition) is 2. The van der Waals surface area contributed by atoms with Gasteiger partial charge in [0.05, 0.1) is 18.8 Å². The number of carbonyl (C=O) groups excluding carboxylic acids is 2. The van der Waals surface area contributed by atoms with Gasteiger partial charge in [0.25, 0.3) is 5.91 Å². The number of likely N-dealkylation sites (tertiary alicyclic amines) is 1. The summed E-state index contributed by atoms with van der Waals surface area (Å²) in [6.45, 7) is 1.21. The first-order valence-corrected chi connectivity index (χ1v) is 10.9. The van der Waals surface area contributed by atoms with E-state index in [2.05, 4.69) is 0 Å². The highest BCUT2D eigenvalue weighted by atomic mass is 16.5. The van der Waals surface area contributed by atoms with Crippen molar-refractivity contribution in [2.24, 2.45) is 11.8 Å². The van der Waals surface area contributed by atoms with Gasteiger partial charge in [-0.3, -0.25) is 4.79 Å². The maximum Gasteiger partial charge on any atom is 0.337 e. The molecule has 0 bridgehead atoms. The number of rotatable bonds is 4. The van der Waals surface area contributed by atoms with E-state index in [9.17, 15) is 19.8 Å². The third-order valence-corrected chi connectivity index (χ3v) is 7.01. The second-order valence-corrected chi connectivity index (χ2v) is 9.03. The van der Waals surface area contributed by atoms with Crippen LogP contribution in [0.1, 0.15) is 55.3 Å². The van der Waals surface area contributed by atoms with Crippen molar-refractivity contribution in [1.29, 1.82) is 0 Å². The SMILES string of the molecule is COC(=O)c1ccc(O[C@@H]2C[C@@H]3CN(C(=O)C4(O)CCCCC4)C[C@@H]3C[C@H]2O)cc1. The van der Waals surface area contributed by atoms with E-state index in [0.717, 1.165) is 19.3 Å². The normalized spacial score (nSPS) is 30.4. The monoisotopic (exact) mass is 417 g/mol. The molecule has 4 rings (SSSR count). The lowest BCUT2D eigenvalue weighted by Gasteiger charge is -2.35. The van der Waals surface area contributed by atoms with E-state index in [1.165, 1.54) is 7.11 Å². The number of benzene rings is 1. The van der Waals surface area contributed by atoms with Crippen molar-refractivity contribution < 1.29 is 29.3 Å². The molecule has 3 fully saturated rings. The first-order valence-electron chi connectivity index (χ1n) is 10.9. The molecule has 7 heteroatoms. The number of amides is 1. The van der Waals surface area contributed by atoms with Crippen molar-refractivity contribution in [3.63, 3.8) is 0 Å². The fourth-order valence-electron chi connectivity index (χ4n) is 5.29. The van der Waals surface area contributed by atoms with Crippen molar-refractivity contribution in [2.45, 2.75) is 62.8 Å². The maximum absolute atomic E-state index is 13.0. The first kappa shape index (κ1) is 21.1. The van der Waals surface area contributed by atoms with Crippen molar-refractivity contribution in [3.05, 3.63) is 29.8 Å². The van der Waals surface area contributed by atoms with Crippen LogP contribution >= 0.6 is 0 Å². The molecular weight excluding hydrogens is 386 g/mol. The van der Waals surface area contributed by atoms with E-state index in [4.69, 9.17) is 9.47 Å². The van der Waals surface area contributed by atoms with Crippen LogP contribution in [0.2, 0.25) is 0 Å². The van der Waals surface area contributed by atoms with Crippen LogP contribution in [-0.2, 0) is 9.53 Å². The van der Waals surface area contributed by atoms with Gasteiger partial charge in [0.15, 0.2) is 0 Å². The highest BCUT2D eigenvalue weighted by Crippen LogP contribution is 2.40. The predicted octanol–water partition coefficient (Wildman–Crippen LogP) is 2.15. The molecule has 1 saturated heterocycles. The van der Waals surface area contributed by atoms with Gasteiger partial charge in [-0.25, -0.2) is 4.79 Å². The largest absolute Gasteiger partial charge is 0.488 e. The van der Waals surface area contributed by atoms with E-state index in [1.54, 1.807) is 29.2 Å². The highest BCUT2D eigenvalue weighted by Gasteiger charge is 2.48. The minimum Gasteiger partial charge on any atom is -0.488 e. The Labute approximate surface area is 177 Å². The molecule has 1 amide bonds. The highest BCUT2D eigenvalue weighted by molar-refractivity contribution is 5.89. The number of aliphatic hydroxyl groups is 2. The number of fused-ring (bicyclic) bond motifs is 1. The number of aliphatic hydroxyl groups excluding tert-OH is 1. The second-order valence-electron chi connectivity index (χ2n) is 9.03. The summed E-state index contributed by atoms with van der Waals surface area (Å²) in [5.74, 6) is 0.536. The predicted molar refractivity (Wildman–Crippen MR) is 109 cm³/mol. The molecule has 2 N–H and O–H groups in total. The molecule has 1 heterocycles. The molecule has 1 aromatic carbocycles. The van der Waals surface area contributed by atoms with E-state index in [0.29, 0.717) is 50.1 Å². The molecule has 0 spiro atoms. The Balaban J connectivity index is 1.37. The molecular formula is C23H31NO6. The maximum atomic E-state index is 13.0. The first-order chi connectivity index (χ1) is 14.4. The zero-order valence-corrected chi connectivity index (χ0v) is 17.5. The van der Waals surface area contributed by atoms with Gasteiger partial charge in [0, 0.05) is 13.1 Å². The van der Waals surface area contributed by atoms with Crippen LogP contribution in [0.3, 0.4) is 0 Å². The van der Waals surface area contributed by atoms with Crippen LogP contribution in [0.5, 0.6) is 5.75 Å². The van der Waals surface area contributed by atoms with Gasteiger partial charge in [0.2, 0.25) is 0 Å². The molecule has 2 saturated carbocycles. The van der Waals surface area contributed by atoms with Crippen molar-refractivity contribution in [1.82, 2.24) is 4.90 Å². The zero-order valence-electron chi connectivity index (χ0n) is 17.5. The Kier molecular flexibility index (Phi) is 6.02. The van der Waals surface area contributed by atoms with E-state index >= 15 is 0 Å². The lowest BCUT2D eigenvalue weighted by atomic mass is 9.78. The van der Waals surface area contributed by atoms with Crippen LogP contribution in [-0.4, -0.2) is 65.0 Å². The molecule has 0 radical (unpaired) electrons. The molecule has 1 aromatic rings. The minimum atomic E-state index is -1.21. The lowest BCUT2D eigenvalue weighted by Crippen LogP contribution is -2.49. The van der Waals surface area contributed by atoms with Gasteiger partial charge in [-0.05, 0) is 61.8 Å². The van der Waals surface area contributed by atoms with E-state index in [-0.39, 0.29) is 23.8 Å². The second kappa shape index (κ2) is 8.55. The molecule has 0 aromatic heterocycles. The van der Waals surface area contributed by atoms with Crippen LogP contribution in [0.15, 0.2) is 24.3 Å². The van der Waals surface area contributed by atoms with E-state index < -0.39 is 17.7 Å². The molecule has 1 aliphatic heterocycles. The molecule has 2 aliphatic carbocycles. The molecule has 30 heavy (non-hydrogen) atoms. The topological polar surface area (TPSA) is 96.3 Å². The number of ether oxygens (including phenoxy) is 2. The number of nitrogens with zero attached hydrogens (tertiary/aromatic N) is 1. The summed E-state index contributed by atoms with van der Waals surface area (Å²) < 4.78 is 10.7. The summed E-state index contributed by atoms with van der Waals surface area (Å²) in [4.78, 5) is 26.3. The lowest BCUT2D eigenvalue weighted by molar-refractivity contribution is -0.153. The van der Waals surface area contributed by atoms with Crippen LogP contribution in [0.4, 0.5) is 0 Å².